The van der Waals surface area contributed by atoms with E-state index in [9.17, 15) is 4.39 Å². The smallest absolute Gasteiger partial charge is 0.166 e. The van der Waals surface area contributed by atoms with Gasteiger partial charge in [-0.2, -0.15) is 0 Å². The van der Waals surface area contributed by atoms with Crippen molar-refractivity contribution in [1.82, 2.24) is 0 Å². The summed E-state index contributed by atoms with van der Waals surface area (Å²) in [6, 6.07) is 12.3. The van der Waals surface area contributed by atoms with E-state index >= 15 is 0 Å². The Bertz CT molecular complexity index is 569. The van der Waals surface area contributed by atoms with Gasteiger partial charge in [0.15, 0.2) is 11.6 Å². The maximum atomic E-state index is 13.2. The first kappa shape index (κ1) is 14.2. The van der Waals surface area contributed by atoms with Gasteiger partial charge >= 0.3 is 0 Å². The van der Waals surface area contributed by atoms with Crippen molar-refractivity contribution < 1.29 is 14.2 Å². The van der Waals surface area contributed by atoms with E-state index < -0.39 is 5.82 Å². The fourth-order valence-electron chi connectivity index (χ4n) is 2.05. The number of ether oxygens (including phenoxy) is 1. The molecule has 0 heterocycles. The van der Waals surface area contributed by atoms with Gasteiger partial charge in [-0.05, 0) is 43.2 Å². The van der Waals surface area contributed by atoms with Crippen molar-refractivity contribution in [3.63, 3.8) is 0 Å². The van der Waals surface area contributed by atoms with Crippen molar-refractivity contribution in [2.45, 2.75) is 19.4 Å². The number of benzene rings is 2. The number of nitrogens with one attached hydrogen (secondary N) is 1. The van der Waals surface area contributed by atoms with E-state index in [4.69, 9.17) is 9.84 Å². The fraction of sp³-hybridized carbons (Fsp3) is 0.250. The van der Waals surface area contributed by atoms with Crippen LogP contribution in [0.3, 0.4) is 0 Å². The largest absolute Gasteiger partial charge is 0.505 e. The van der Waals surface area contributed by atoms with Crippen LogP contribution < -0.4 is 10.1 Å². The maximum absolute atomic E-state index is 13.2. The lowest BCUT2D eigenvalue weighted by atomic mass is 10.1. The Morgan fingerprint density at radius 3 is 2.50 bits per heavy atom. The SMILES string of the molecule is COc1ccc(CC(C)Nc2ccc(O)c(F)c2)cc1. The van der Waals surface area contributed by atoms with E-state index in [1.165, 1.54) is 17.7 Å². The van der Waals surface area contributed by atoms with Crippen LogP contribution >= 0.6 is 0 Å². The molecular weight excluding hydrogens is 257 g/mol. The Labute approximate surface area is 118 Å². The first-order valence-corrected chi connectivity index (χ1v) is 6.46. The molecule has 0 bridgehead atoms. The predicted octanol–water partition coefficient (Wildman–Crippen LogP) is 3.58. The van der Waals surface area contributed by atoms with E-state index in [2.05, 4.69) is 5.32 Å². The van der Waals surface area contributed by atoms with Gasteiger partial charge < -0.3 is 15.2 Å². The minimum Gasteiger partial charge on any atom is -0.505 e. The average Bonchev–Trinajstić information content (AvgIpc) is 2.44. The van der Waals surface area contributed by atoms with Crippen LogP contribution in [0, 0.1) is 5.82 Å². The first-order valence-electron chi connectivity index (χ1n) is 6.46. The molecule has 1 atom stereocenters. The summed E-state index contributed by atoms with van der Waals surface area (Å²) in [5, 5.41) is 12.4. The molecule has 2 rings (SSSR count). The van der Waals surface area contributed by atoms with Crippen molar-refractivity contribution in [1.29, 1.82) is 0 Å². The minimum absolute atomic E-state index is 0.146. The molecule has 0 radical (unpaired) electrons. The number of hydrogen-bond donors (Lipinski definition) is 2. The Kier molecular flexibility index (Phi) is 4.45. The van der Waals surface area contributed by atoms with Gasteiger partial charge in [-0.15, -0.1) is 0 Å². The van der Waals surface area contributed by atoms with E-state index in [1.54, 1.807) is 13.2 Å². The van der Waals surface area contributed by atoms with E-state index in [-0.39, 0.29) is 11.8 Å². The zero-order chi connectivity index (χ0) is 14.5. The number of anilines is 1. The van der Waals surface area contributed by atoms with Crippen LogP contribution in [0.25, 0.3) is 0 Å². The zero-order valence-corrected chi connectivity index (χ0v) is 11.6. The van der Waals surface area contributed by atoms with Crippen LogP contribution in [0.1, 0.15) is 12.5 Å². The van der Waals surface area contributed by atoms with Gasteiger partial charge in [0.25, 0.3) is 0 Å². The number of phenolic OH excluding ortho intramolecular Hbond substituents is 1. The molecule has 0 saturated heterocycles. The van der Waals surface area contributed by atoms with Gasteiger partial charge in [0.2, 0.25) is 0 Å². The van der Waals surface area contributed by atoms with Gasteiger partial charge in [0.05, 0.1) is 7.11 Å². The molecule has 3 nitrogen and oxygen atoms in total. The second-order valence-corrected chi connectivity index (χ2v) is 4.76. The molecule has 2 aromatic rings. The summed E-state index contributed by atoms with van der Waals surface area (Å²) in [6.45, 7) is 2.02. The third-order valence-corrected chi connectivity index (χ3v) is 3.06. The highest BCUT2D eigenvalue weighted by atomic mass is 19.1. The van der Waals surface area contributed by atoms with Crippen LogP contribution in [0.15, 0.2) is 42.5 Å². The maximum Gasteiger partial charge on any atom is 0.166 e. The lowest BCUT2D eigenvalue weighted by Gasteiger charge is -2.16. The summed E-state index contributed by atoms with van der Waals surface area (Å²) < 4.78 is 18.3. The molecule has 0 aliphatic heterocycles. The third kappa shape index (κ3) is 3.63. The molecule has 0 fully saturated rings. The summed E-state index contributed by atoms with van der Waals surface area (Å²) in [7, 11) is 1.64. The van der Waals surface area contributed by atoms with E-state index in [1.807, 2.05) is 31.2 Å². The lowest BCUT2D eigenvalue weighted by Crippen LogP contribution is -2.18. The van der Waals surface area contributed by atoms with Gasteiger partial charge in [0.1, 0.15) is 5.75 Å². The Morgan fingerprint density at radius 2 is 1.90 bits per heavy atom. The van der Waals surface area contributed by atoms with Crippen molar-refractivity contribution in [3.05, 3.63) is 53.8 Å². The third-order valence-electron chi connectivity index (χ3n) is 3.06. The Hall–Kier alpha value is -2.23. The number of hydrogen-bond acceptors (Lipinski definition) is 3. The van der Waals surface area contributed by atoms with Crippen molar-refractivity contribution in [2.75, 3.05) is 12.4 Å². The van der Waals surface area contributed by atoms with Gasteiger partial charge in [-0.1, -0.05) is 12.1 Å². The molecular formula is C16H18FNO2. The van der Waals surface area contributed by atoms with Crippen molar-refractivity contribution in [3.8, 4) is 11.5 Å². The first-order chi connectivity index (χ1) is 9.58. The Morgan fingerprint density at radius 1 is 1.20 bits per heavy atom. The highest BCUT2D eigenvalue weighted by molar-refractivity contribution is 5.47. The zero-order valence-electron chi connectivity index (χ0n) is 11.6. The van der Waals surface area contributed by atoms with Crippen LogP contribution in [0.5, 0.6) is 11.5 Å². The topological polar surface area (TPSA) is 41.5 Å². The molecule has 1 unspecified atom stereocenters. The van der Waals surface area contributed by atoms with Gasteiger partial charge in [-0.3, -0.25) is 0 Å². The molecule has 0 aromatic heterocycles. The molecule has 0 amide bonds. The van der Waals surface area contributed by atoms with Gasteiger partial charge in [-0.25, -0.2) is 4.39 Å². The number of halogens is 1. The highest BCUT2D eigenvalue weighted by Gasteiger charge is 2.06. The number of methoxy groups -OCH3 is 1. The predicted molar refractivity (Wildman–Crippen MR) is 77.8 cm³/mol. The molecule has 4 heteroatoms. The average molecular weight is 275 g/mol. The summed E-state index contributed by atoms with van der Waals surface area (Å²) in [5.74, 6) is -0.125. The summed E-state index contributed by atoms with van der Waals surface area (Å²) in [6.07, 6.45) is 0.812. The molecule has 2 N–H and O–H groups in total. The summed E-state index contributed by atoms with van der Waals surface area (Å²) >= 11 is 0. The molecule has 2 aromatic carbocycles. The standard InChI is InChI=1S/C16H18FNO2/c1-11(9-12-3-6-14(20-2)7-4-12)18-13-5-8-16(19)15(17)10-13/h3-8,10-11,18-19H,9H2,1-2H3. The molecule has 20 heavy (non-hydrogen) atoms. The molecule has 0 aliphatic carbocycles. The molecule has 106 valence electrons. The molecule has 0 aliphatic rings. The summed E-state index contributed by atoms with van der Waals surface area (Å²) in [5.41, 5.74) is 1.83. The molecule has 0 saturated carbocycles. The number of aromatic hydroxyl groups is 1. The monoisotopic (exact) mass is 275 g/mol. The Balaban J connectivity index is 1.97. The van der Waals surface area contributed by atoms with Gasteiger partial charge in [0, 0.05) is 17.8 Å². The minimum atomic E-state index is -0.619. The number of phenols is 1. The second kappa shape index (κ2) is 6.28. The van der Waals surface area contributed by atoms with Crippen LogP contribution in [0.2, 0.25) is 0 Å². The fourth-order valence-corrected chi connectivity index (χ4v) is 2.05. The summed E-state index contributed by atoms with van der Waals surface area (Å²) in [4.78, 5) is 0. The van der Waals surface area contributed by atoms with Crippen molar-refractivity contribution in [2.24, 2.45) is 0 Å². The lowest BCUT2D eigenvalue weighted by molar-refractivity contribution is 0.414. The second-order valence-electron chi connectivity index (χ2n) is 4.76. The normalized spacial score (nSPS) is 11.9. The number of rotatable bonds is 5. The van der Waals surface area contributed by atoms with Crippen molar-refractivity contribution >= 4 is 5.69 Å². The van der Waals surface area contributed by atoms with Crippen LogP contribution in [-0.4, -0.2) is 18.3 Å². The quantitative estimate of drug-likeness (QED) is 0.819. The van der Waals surface area contributed by atoms with E-state index in [0.717, 1.165) is 12.2 Å². The highest BCUT2D eigenvalue weighted by Crippen LogP contribution is 2.20. The van der Waals surface area contributed by atoms with E-state index in [0.29, 0.717) is 5.69 Å². The molecule has 0 spiro atoms. The van der Waals surface area contributed by atoms with Crippen LogP contribution in [0.4, 0.5) is 10.1 Å². The van der Waals surface area contributed by atoms with Crippen LogP contribution in [-0.2, 0) is 6.42 Å².